The average Bonchev–Trinajstić information content (AvgIpc) is 2.56. The van der Waals surface area contributed by atoms with Gasteiger partial charge >= 0.3 is 0 Å². The van der Waals surface area contributed by atoms with Crippen molar-refractivity contribution in [3.05, 3.63) is 63.3 Å². The molecule has 3 rings (SSSR count). The highest BCUT2D eigenvalue weighted by atomic mass is 32.1. The molecule has 1 aromatic carbocycles. The Morgan fingerprint density at radius 2 is 1.95 bits per heavy atom. The van der Waals surface area contributed by atoms with Crippen molar-refractivity contribution in [2.75, 3.05) is 0 Å². The highest BCUT2D eigenvalue weighted by Crippen LogP contribution is 2.14. The van der Waals surface area contributed by atoms with Crippen LogP contribution in [-0.4, -0.2) is 9.55 Å². The summed E-state index contributed by atoms with van der Waals surface area (Å²) in [7, 11) is 0. The molecule has 0 unspecified atom stereocenters. The molecule has 0 bridgehead atoms. The highest BCUT2D eigenvalue weighted by molar-refractivity contribution is 7.15. The highest BCUT2D eigenvalue weighted by Gasteiger charge is 2.06. The van der Waals surface area contributed by atoms with Gasteiger partial charge in [0.15, 0.2) is 4.80 Å². The van der Waals surface area contributed by atoms with Gasteiger partial charge in [-0.15, -0.1) is 0 Å². The maximum atomic E-state index is 12.5. The molecule has 2 aromatic heterocycles. The van der Waals surface area contributed by atoms with Crippen LogP contribution >= 0.6 is 11.3 Å². The van der Waals surface area contributed by atoms with E-state index in [9.17, 15) is 4.79 Å². The van der Waals surface area contributed by atoms with Crippen molar-refractivity contribution in [2.24, 2.45) is 4.99 Å². The zero-order chi connectivity index (χ0) is 15.5. The maximum absolute atomic E-state index is 12.5. The molecule has 5 heteroatoms. The molecule has 0 aliphatic rings. The van der Waals surface area contributed by atoms with Crippen LogP contribution in [0.2, 0.25) is 0 Å². The minimum atomic E-state index is -0.0340. The average molecular weight is 311 g/mol. The molecule has 112 valence electrons. The molecule has 0 aliphatic heterocycles. The summed E-state index contributed by atoms with van der Waals surface area (Å²) in [5, 5.41) is 0.648. The van der Waals surface area contributed by atoms with E-state index in [4.69, 9.17) is 0 Å². The molecule has 0 saturated heterocycles. The Labute approximate surface area is 132 Å². The smallest absolute Gasteiger partial charge is 0.263 e. The van der Waals surface area contributed by atoms with E-state index in [2.05, 4.69) is 29.0 Å². The molecule has 0 saturated carbocycles. The van der Waals surface area contributed by atoms with Crippen molar-refractivity contribution in [2.45, 2.75) is 26.8 Å². The van der Waals surface area contributed by atoms with E-state index >= 15 is 0 Å². The fourth-order valence-corrected chi connectivity index (χ4v) is 3.31. The molecule has 2 heterocycles. The Morgan fingerprint density at radius 3 is 2.64 bits per heavy atom. The van der Waals surface area contributed by atoms with Crippen LogP contribution in [0.1, 0.15) is 19.4 Å². The molecule has 0 fully saturated rings. The fourth-order valence-electron chi connectivity index (χ4n) is 2.29. The van der Waals surface area contributed by atoms with E-state index in [0.29, 0.717) is 16.7 Å². The van der Waals surface area contributed by atoms with Crippen LogP contribution in [0, 0.1) is 0 Å². The van der Waals surface area contributed by atoms with Crippen LogP contribution in [0.4, 0.5) is 5.69 Å². The summed E-state index contributed by atoms with van der Waals surface area (Å²) < 4.78 is 1.70. The Bertz CT molecular complexity index is 923. The molecule has 4 nitrogen and oxygen atoms in total. The minimum Gasteiger partial charge on any atom is -0.284 e. The van der Waals surface area contributed by atoms with E-state index in [-0.39, 0.29) is 5.56 Å². The number of aromatic nitrogens is 2. The third-order valence-corrected chi connectivity index (χ3v) is 4.56. The Morgan fingerprint density at radius 1 is 1.18 bits per heavy atom. The molecule has 0 radical (unpaired) electrons. The van der Waals surface area contributed by atoms with Gasteiger partial charge in [0.2, 0.25) is 0 Å². The van der Waals surface area contributed by atoms with E-state index in [1.54, 1.807) is 16.8 Å². The SMILES string of the molecule is CCc1ccc(N=c2sc3ncccc3c(=O)n2CC)cc1. The molecule has 3 aromatic rings. The second-order valence-electron chi connectivity index (χ2n) is 4.92. The van der Waals surface area contributed by atoms with Crippen LogP contribution in [-0.2, 0) is 13.0 Å². The van der Waals surface area contributed by atoms with Crippen LogP contribution < -0.4 is 10.4 Å². The van der Waals surface area contributed by atoms with Crippen molar-refractivity contribution < 1.29 is 0 Å². The first kappa shape index (κ1) is 14.7. The summed E-state index contributed by atoms with van der Waals surface area (Å²) >= 11 is 1.44. The summed E-state index contributed by atoms with van der Waals surface area (Å²) in [6, 6.07) is 11.7. The first-order chi connectivity index (χ1) is 10.7. The maximum Gasteiger partial charge on any atom is 0.263 e. The summed E-state index contributed by atoms with van der Waals surface area (Å²) in [5.74, 6) is 0. The lowest BCUT2D eigenvalue weighted by Crippen LogP contribution is -2.31. The predicted octanol–water partition coefficient (Wildman–Crippen LogP) is 3.27. The first-order valence-electron chi connectivity index (χ1n) is 7.35. The predicted molar refractivity (Wildman–Crippen MR) is 90.6 cm³/mol. The van der Waals surface area contributed by atoms with E-state index < -0.39 is 0 Å². The Balaban J connectivity index is 2.24. The van der Waals surface area contributed by atoms with Crippen LogP contribution in [0.3, 0.4) is 0 Å². The summed E-state index contributed by atoms with van der Waals surface area (Å²) in [6.07, 6.45) is 2.71. The first-order valence-corrected chi connectivity index (χ1v) is 8.17. The van der Waals surface area contributed by atoms with E-state index in [1.165, 1.54) is 16.9 Å². The van der Waals surface area contributed by atoms with Crippen molar-refractivity contribution in [1.29, 1.82) is 0 Å². The van der Waals surface area contributed by atoms with Gasteiger partial charge in [-0.05, 0) is 43.2 Å². The molecule has 0 atom stereocenters. The summed E-state index contributed by atoms with van der Waals surface area (Å²) in [5.41, 5.74) is 2.09. The second kappa shape index (κ2) is 6.23. The topological polar surface area (TPSA) is 47.2 Å². The molecular formula is C17H17N3OS. The molecule has 0 spiro atoms. The standard InChI is InChI=1S/C17H17N3OS/c1-3-12-7-9-13(10-8-12)19-17-20(4-2)16(21)14-6-5-11-18-15(14)22-17/h5-11H,3-4H2,1-2H3. The molecule has 0 aliphatic carbocycles. The van der Waals surface area contributed by atoms with Gasteiger partial charge < -0.3 is 0 Å². The normalized spacial score (nSPS) is 12.0. The van der Waals surface area contributed by atoms with Crippen molar-refractivity contribution in [1.82, 2.24) is 9.55 Å². The van der Waals surface area contributed by atoms with E-state index in [1.807, 2.05) is 25.1 Å². The van der Waals surface area contributed by atoms with Gasteiger partial charge in [-0.1, -0.05) is 30.4 Å². The van der Waals surface area contributed by atoms with Gasteiger partial charge in [0, 0.05) is 12.7 Å². The quantitative estimate of drug-likeness (QED) is 0.745. The monoisotopic (exact) mass is 311 g/mol. The van der Waals surface area contributed by atoms with Crippen molar-refractivity contribution in [3.63, 3.8) is 0 Å². The lowest BCUT2D eigenvalue weighted by atomic mass is 10.2. The van der Waals surface area contributed by atoms with Gasteiger partial charge in [0.1, 0.15) is 4.83 Å². The number of rotatable bonds is 3. The number of pyridine rings is 1. The van der Waals surface area contributed by atoms with Crippen LogP contribution in [0.5, 0.6) is 0 Å². The van der Waals surface area contributed by atoms with Crippen molar-refractivity contribution in [3.8, 4) is 0 Å². The largest absolute Gasteiger partial charge is 0.284 e. The van der Waals surface area contributed by atoms with Gasteiger partial charge in [-0.25, -0.2) is 9.98 Å². The Hall–Kier alpha value is -2.27. The minimum absolute atomic E-state index is 0.0340. The number of hydrogen-bond acceptors (Lipinski definition) is 4. The van der Waals surface area contributed by atoms with Gasteiger partial charge in [-0.2, -0.15) is 0 Å². The van der Waals surface area contributed by atoms with E-state index in [0.717, 1.165) is 16.9 Å². The van der Waals surface area contributed by atoms with Gasteiger partial charge in [-0.3, -0.25) is 9.36 Å². The number of fused-ring (bicyclic) bond motifs is 1. The second-order valence-corrected chi connectivity index (χ2v) is 5.88. The lowest BCUT2D eigenvalue weighted by Gasteiger charge is -2.04. The lowest BCUT2D eigenvalue weighted by molar-refractivity contribution is 0.708. The third kappa shape index (κ3) is 2.72. The zero-order valence-electron chi connectivity index (χ0n) is 12.6. The third-order valence-electron chi connectivity index (χ3n) is 3.55. The van der Waals surface area contributed by atoms with Crippen LogP contribution in [0.15, 0.2) is 52.4 Å². The molecule has 0 N–H and O–H groups in total. The number of nitrogens with zero attached hydrogens (tertiary/aromatic N) is 3. The molecular weight excluding hydrogens is 294 g/mol. The molecule has 0 amide bonds. The van der Waals surface area contributed by atoms with Gasteiger partial charge in [0.25, 0.3) is 5.56 Å². The van der Waals surface area contributed by atoms with Gasteiger partial charge in [0.05, 0.1) is 11.1 Å². The molecule has 22 heavy (non-hydrogen) atoms. The fraction of sp³-hybridized carbons (Fsp3) is 0.235. The summed E-state index contributed by atoms with van der Waals surface area (Å²) in [4.78, 5) is 22.9. The number of benzene rings is 1. The Kier molecular flexibility index (Phi) is 4.15. The summed E-state index contributed by atoms with van der Waals surface area (Å²) in [6.45, 7) is 4.67. The number of aryl methyl sites for hydroxylation is 1. The number of hydrogen-bond donors (Lipinski definition) is 0. The van der Waals surface area contributed by atoms with Crippen LogP contribution in [0.25, 0.3) is 10.2 Å². The van der Waals surface area contributed by atoms with Crippen molar-refractivity contribution >= 4 is 27.2 Å². The zero-order valence-corrected chi connectivity index (χ0v) is 13.4.